The second-order valence-electron chi connectivity index (χ2n) is 6.63. The van der Waals surface area contributed by atoms with Crippen LogP contribution in [-0.2, 0) is 11.3 Å². The number of rotatable bonds is 3. The molecule has 1 fully saturated rings. The number of aromatic nitrogens is 1. The molecular formula is C23H26ClN3O. The molecule has 1 aliphatic heterocycles. The molecule has 28 heavy (non-hydrogen) atoms. The number of ether oxygens (including phenoxy) is 1. The van der Waals surface area contributed by atoms with Crippen LogP contribution in [0.4, 0.5) is 0 Å². The largest absolute Gasteiger partial charge is 0.381 e. The summed E-state index contributed by atoms with van der Waals surface area (Å²) in [4.78, 5) is 0. The van der Waals surface area contributed by atoms with Crippen LogP contribution in [0.15, 0.2) is 42.6 Å². The van der Waals surface area contributed by atoms with Gasteiger partial charge in [-0.15, -0.1) is 0 Å². The maximum absolute atomic E-state index is 9.24. The zero-order valence-corrected chi connectivity index (χ0v) is 17.2. The number of halogens is 1. The zero-order chi connectivity index (χ0) is 20.1. The monoisotopic (exact) mass is 395 g/mol. The number of fused-ring (bicyclic) bond motifs is 1. The fourth-order valence-corrected chi connectivity index (χ4v) is 4.08. The normalized spacial score (nSPS) is 14.4. The van der Waals surface area contributed by atoms with Crippen LogP contribution in [0, 0.1) is 11.3 Å². The van der Waals surface area contributed by atoms with Gasteiger partial charge < -0.3 is 15.0 Å². The summed E-state index contributed by atoms with van der Waals surface area (Å²) in [7, 11) is 0. The van der Waals surface area contributed by atoms with Gasteiger partial charge in [-0.25, -0.2) is 0 Å². The Balaban J connectivity index is 0.00000109. The summed E-state index contributed by atoms with van der Waals surface area (Å²) in [5.41, 5.74) is 10.6. The van der Waals surface area contributed by atoms with Crippen LogP contribution in [0.3, 0.4) is 0 Å². The summed E-state index contributed by atoms with van der Waals surface area (Å²) in [5.74, 6) is 0. The molecule has 0 spiro atoms. The molecule has 0 saturated carbocycles. The first-order chi connectivity index (χ1) is 13.7. The van der Waals surface area contributed by atoms with E-state index in [1.165, 1.54) is 0 Å². The van der Waals surface area contributed by atoms with E-state index in [0.717, 1.165) is 58.7 Å². The molecule has 0 aliphatic carbocycles. The van der Waals surface area contributed by atoms with Gasteiger partial charge in [0.1, 0.15) is 0 Å². The van der Waals surface area contributed by atoms with Crippen LogP contribution in [0.2, 0.25) is 5.02 Å². The first-order valence-electron chi connectivity index (χ1n) is 9.83. The lowest BCUT2D eigenvalue weighted by atomic mass is 10.0. The summed E-state index contributed by atoms with van der Waals surface area (Å²) < 4.78 is 7.81. The molecule has 4 rings (SSSR count). The van der Waals surface area contributed by atoms with Crippen molar-refractivity contribution < 1.29 is 4.74 Å². The average Bonchev–Trinajstić information content (AvgIpc) is 3.17. The third-order valence-corrected chi connectivity index (χ3v) is 5.54. The molecule has 0 atom stereocenters. The van der Waals surface area contributed by atoms with Crippen molar-refractivity contribution in [2.45, 2.75) is 39.3 Å². The molecule has 1 aliphatic rings. The fraction of sp³-hybridized carbons (Fsp3) is 0.348. The number of hydrogen-bond donors (Lipinski definition) is 1. The minimum atomic E-state index is 0.352. The Morgan fingerprint density at radius 3 is 2.64 bits per heavy atom. The Morgan fingerprint density at radius 2 is 1.96 bits per heavy atom. The summed E-state index contributed by atoms with van der Waals surface area (Å²) in [6, 6.07) is 14.4. The zero-order valence-electron chi connectivity index (χ0n) is 16.4. The van der Waals surface area contributed by atoms with Gasteiger partial charge in [-0.05, 0) is 36.1 Å². The summed E-state index contributed by atoms with van der Waals surface area (Å²) in [5, 5.41) is 11.1. The third-order valence-electron chi connectivity index (χ3n) is 5.12. The Bertz CT molecular complexity index is 997. The maximum atomic E-state index is 9.24. The SMILES string of the molecule is CC.N#Cc1cccc(-c2cn(C3CCOCC3)c3c(Cl)c(CN)ccc23)c1. The summed E-state index contributed by atoms with van der Waals surface area (Å²) >= 11 is 6.74. The van der Waals surface area contributed by atoms with Gasteiger partial charge in [0.2, 0.25) is 0 Å². The van der Waals surface area contributed by atoms with Gasteiger partial charge in [-0.1, -0.05) is 49.7 Å². The van der Waals surface area contributed by atoms with E-state index in [1.54, 1.807) is 0 Å². The van der Waals surface area contributed by atoms with Crippen molar-refractivity contribution in [2.24, 2.45) is 5.73 Å². The molecule has 0 unspecified atom stereocenters. The predicted octanol–water partition coefficient (Wildman–Crippen LogP) is 5.67. The highest BCUT2D eigenvalue weighted by molar-refractivity contribution is 6.36. The van der Waals surface area contributed by atoms with Gasteiger partial charge >= 0.3 is 0 Å². The van der Waals surface area contributed by atoms with Crippen LogP contribution in [0.5, 0.6) is 0 Å². The van der Waals surface area contributed by atoms with Crippen molar-refractivity contribution in [1.82, 2.24) is 4.57 Å². The highest BCUT2D eigenvalue weighted by atomic mass is 35.5. The molecule has 1 aromatic heterocycles. The molecule has 2 N–H and O–H groups in total. The lowest BCUT2D eigenvalue weighted by molar-refractivity contribution is 0.0707. The van der Waals surface area contributed by atoms with Gasteiger partial charge in [0.05, 0.1) is 22.2 Å². The van der Waals surface area contributed by atoms with Gasteiger partial charge in [0.25, 0.3) is 0 Å². The molecule has 146 valence electrons. The van der Waals surface area contributed by atoms with Crippen molar-refractivity contribution in [2.75, 3.05) is 13.2 Å². The summed E-state index contributed by atoms with van der Waals surface area (Å²) in [6.07, 6.45) is 4.10. The number of nitriles is 1. The van der Waals surface area contributed by atoms with Crippen molar-refractivity contribution in [3.63, 3.8) is 0 Å². The maximum Gasteiger partial charge on any atom is 0.0991 e. The van der Waals surface area contributed by atoms with E-state index in [9.17, 15) is 5.26 Å². The molecule has 0 radical (unpaired) electrons. The summed E-state index contributed by atoms with van der Waals surface area (Å²) in [6.45, 7) is 5.93. The van der Waals surface area contributed by atoms with Gasteiger partial charge in [-0.3, -0.25) is 0 Å². The fourth-order valence-electron chi connectivity index (χ4n) is 3.74. The Morgan fingerprint density at radius 1 is 1.21 bits per heavy atom. The number of nitrogens with zero attached hydrogens (tertiary/aromatic N) is 2. The smallest absolute Gasteiger partial charge is 0.0991 e. The van der Waals surface area contributed by atoms with Crippen LogP contribution >= 0.6 is 11.6 Å². The molecule has 0 amide bonds. The molecule has 5 heteroatoms. The Labute approximate surface area is 171 Å². The molecule has 2 heterocycles. The van der Waals surface area contributed by atoms with Gasteiger partial charge in [0, 0.05) is 42.9 Å². The van der Waals surface area contributed by atoms with E-state index in [-0.39, 0.29) is 0 Å². The quantitative estimate of drug-likeness (QED) is 0.621. The van der Waals surface area contributed by atoms with E-state index >= 15 is 0 Å². The second kappa shape index (κ2) is 9.25. The molecule has 4 nitrogen and oxygen atoms in total. The van der Waals surface area contributed by atoms with Crippen LogP contribution < -0.4 is 5.73 Å². The average molecular weight is 396 g/mol. The molecule has 0 bridgehead atoms. The second-order valence-corrected chi connectivity index (χ2v) is 7.00. The Hall–Kier alpha value is -2.32. The van der Waals surface area contributed by atoms with Crippen LogP contribution in [0.1, 0.15) is 43.9 Å². The van der Waals surface area contributed by atoms with Crippen molar-refractivity contribution in [3.05, 3.63) is 58.7 Å². The highest BCUT2D eigenvalue weighted by Gasteiger charge is 2.22. The molecule has 1 saturated heterocycles. The number of benzene rings is 2. The van der Waals surface area contributed by atoms with Crippen molar-refractivity contribution in [3.8, 4) is 17.2 Å². The van der Waals surface area contributed by atoms with Crippen molar-refractivity contribution in [1.29, 1.82) is 5.26 Å². The van der Waals surface area contributed by atoms with E-state index < -0.39 is 0 Å². The third kappa shape index (κ3) is 3.79. The van der Waals surface area contributed by atoms with Crippen LogP contribution in [-0.4, -0.2) is 17.8 Å². The molecule has 3 aromatic rings. The van der Waals surface area contributed by atoms with E-state index in [2.05, 4.69) is 22.9 Å². The Kier molecular flexibility index (Phi) is 6.74. The standard InChI is InChI=1S/C21H20ClN3O.C2H6/c22-20-16(12-24)4-5-18-19(15-3-1-2-14(10-15)11-23)13-25(21(18)20)17-6-8-26-9-7-17;1-2/h1-5,10,13,17H,6-9,12,24H2;1-2H3. The topological polar surface area (TPSA) is 64.0 Å². The molecule has 2 aromatic carbocycles. The van der Waals surface area contributed by atoms with E-state index in [1.807, 2.05) is 44.2 Å². The predicted molar refractivity (Wildman–Crippen MR) is 115 cm³/mol. The van der Waals surface area contributed by atoms with Gasteiger partial charge in [0.15, 0.2) is 0 Å². The van der Waals surface area contributed by atoms with E-state index in [4.69, 9.17) is 22.1 Å². The van der Waals surface area contributed by atoms with Gasteiger partial charge in [-0.2, -0.15) is 5.26 Å². The van der Waals surface area contributed by atoms with Crippen molar-refractivity contribution >= 4 is 22.5 Å². The first-order valence-corrected chi connectivity index (χ1v) is 10.2. The lowest BCUT2D eigenvalue weighted by Crippen LogP contribution is -2.19. The van der Waals surface area contributed by atoms with E-state index in [0.29, 0.717) is 18.2 Å². The molecular weight excluding hydrogens is 370 g/mol. The highest BCUT2D eigenvalue weighted by Crippen LogP contribution is 2.39. The minimum Gasteiger partial charge on any atom is -0.381 e. The lowest BCUT2D eigenvalue weighted by Gasteiger charge is -2.25. The number of hydrogen-bond acceptors (Lipinski definition) is 3. The van der Waals surface area contributed by atoms with Crippen LogP contribution in [0.25, 0.3) is 22.0 Å². The number of nitrogens with two attached hydrogens (primary N) is 1. The minimum absolute atomic E-state index is 0.352. The first kappa shape index (κ1) is 20.4.